The summed E-state index contributed by atoms with van der Waals surface area (Å²) in [6.45, 7) is 2.04. The van der Waals surface area contributed by atoms with Gasteiger partial charge >= 0.3 is 0 Å². The largest absolute Gasteiger partial charge is 0.399 e. The van der Waals surface area contributed by atoms with Crippen LogP contribution in [-0.2, 0) is 0 Å². The van der Waals surface area contributed by atoms with Gasteiger partial charge in [0, 0.05) is 5.69 Å². The molecule has 0 aliphatic heterocycles. The van der Waals surface area contributed by atoms with Crippen LogP contribution < -0.4 is 11.9 Å². The molecule has 0 atom stereocenters. The smallest absolute Gasteiger partial charge is 0.0314 e. The van der Waals surface area contributed by atoms with Gasteiger partial charge in [0.25, 0.3) is 0 Å². The molecule has 1 rings (SSSR count). The Labute approximate surface area is 91.5 Å². The lowest BCUT2D eigenvalue weighted by Crippen LogP contribution is -1.81. The van der Waals surface area contributed by atoms with E-state index in [1.54, 1.807) is 0 Å². The Bertz CT molecular complexity index is 366. The third-order valence-corrected chi connectivity index (χ3v) is 1.28. The third kappa shape index (κ3) is 9.57. The minimum atomic E-state index is 0. The summed E-state index contributed by atoms with van der Waals surface area (Å²) >= 11 is 0. The molecule has 0 saturated heterocycles. The lowest BCUT2D eigenvalue weighted by Gasteiger charge is -1.90. The van der Waals surface area contributed by atoms with Gasteiger partial charge < -0.3 is 11.9 Å². The van der Waals surface area contributed by atoms with E-state index < -0.39 is 0 Å². The van der Waals surface area contributed by atoms with E-state index in [0.717, 1.165) is 5.69 Å². The minimum absolute atomic E-state index is 0. The van der Waals surface area contributed by atoms with Gasteiger partial charge in [-0.15, -0.1) is 12.8 Å². The molecule has 0 heterocycles. The Morgan fingerprint density at radius 1 is 1.00 bits per heavy atom. The summed E-state index contributed by atoms with van der Waals surface area (Å²) in [5, 5.41) is 0. The molecule has 0 radical (unpaired) electrons. The van der Waals surface area contributed by atoms with Crippen LogP contribution in [0.25, 0.3) is 0 Å². The van der Waals surface area contributed by atoms with E-state index >= 15 is 0 Å². The van der Waals surface area contributed by atoms with Gasteiger partial charge in [-0.1, -0.05) is 17.7 Å². The molecule has 0 saturated carbocycles. The fraction of sp³-hybridized carbons (Fsp3) is 0.0769. The lowest BCUT2D eigenvalue weighted by atomic mass is 10.2. The summed E-state index contributed by atoms with van der Waals surface area (Å²) in [6.07, 6.45) is 9.39. The maximum atomic E-state index is 5.43. The molecule has 1 aromatic rings. The zero-order valence-electron chi connectivity index (χ0n) is 8.75. The highest BCUT2D eigenvalue weighted by molar-refractivity contribution is 5.38. The average molecular weight is 198 g/mol. The van der Waals surface area contributed by atoms with Gasteiger partial charge in [0.15, 0.2) is 0 Å². The number of nitrogens with two attached hydrogens (primary N) is 1. The van der Waals surface area contributed by atoms with E-state index in [1.165, 1.54) is 5.56 Å². The first-order chi connectivity index (χ1) is 6.70. The van der Waals surface area contributed by atoms with Crippen LogP contribution in [0.2, 0.25) is 0 Å². The van der Waals surface area contributed by atoms with Gasteiger partial charge in [0.05, 0.1) is 0 Å². The van der Waals surface area contributed by atoms with Gasteiger partial charge in [0.1, 0.15) is 0 Å². The van der Waals surface area contributed by atoms with Crippen LogP contribution in [0, 0.1) is 43.5 Å². The standard InChI is InChI=1S/C7H9N.C6H2.H3N/c1-6-2-4-7(8)5-3-6;1-3-5-6-4-2;/h2-5H,8H2,1H3;1-2H;1H3. The Kier molecular flexibility index (Phi) is 9.84. The molecule has 0 amide bonds. The Hall–Kier alpha value is -2.34. The Morgan fingerprint density at radius 3 is 1.67 bits per heavy atom. The average Bonchev–Trinajstić information content (AvgIpc) is 2.20. The normalized spacial score (nSPS) is 6.07. The van der Waals surface area contributed by atoms with Crippen molar-refractivity contribution in [3.05, 3.63) is 29.8 Å². The summed E-state index contributed by atoms with van der Waals surface area (Å²) in [7, 11) is 0. The summed E-state index contributed by atoms with van der Waals surface area (Å²) < 4.78 is 0. The van der Waals surface area contributed by atoms with Gasteiger partial charge in [-0.25, -0.2) is 0 Å². The van der Waals surface area contributed by atoms with E-state index in [1.807, 2.05) is 31.2 Å². The number of terminal acetylenes is 2. The van der Waals surface area contributed by atoms with Crippen molar-refractivity contribution in [1.82, 2.24) is 6.15 Å². The maximum absolute atomic E-state index is 5.43. The van der Waals surface area contributed by atoms with Crippen LogP contribution >= 0.6 is 0 Å². The summed E-state index contributed by atoms with van der Waals surface area (Å²) in [5.74, 6) is 8.61. The summed E-state index contributed by atoms with van der Waals surface area (Å²) in [5.41, 5.74) is 7.51. The highest BCUT2D eigenvalue weighted by Crippen LogP contribution is 2.02. The lowest BCUT2D eigenvalue weighted by molar-refractivity contribution is 1.47. The zero-order chi connectivity index (χ0) is 10.8. The van der Waals surface area contributed by atoms with Crippen LogP contribution in [0.5, 0.6) is 0 Å². The number of anilines is 1. The minimum Gasteiger partial charge on any atom is -0.399 e. The van der Waals surface area contributed by atoms with E-state index in [0.29, 0.717) is 0 Å². The van der Waals surface area contributed by atoms with Crippen molar-refractivity contribution in [2.45, 2.75) is 6.92 Å². The van der Waals surface area contributed by atoms with Crippen molar-refractivity contribution in [2.75, 3.05) is 5.73 Å². The van der Waals surface area contributed by atoms with E-state index in [9.17, 15) is 0 Å². The molecule has 0 aliphatic carbocycles. The van der Waals surface area contributed by atoms with Crippen LogP contribution in [0.1, 0.15) is 5.56 Å². The number of nitrogen functional groups attached to an aromatic ring is 1. The zero-order valence-corrected chi connectivity index (χ0v) is 8.75. The van der Waals surface area contributed by atoms with Gasteiger partial charge in [0.2, 0.25) is 0 Å². The second-order valence-electron chi connectivity index (χ2n) is 2.45. The second-order valence-corrected chi connectivity index (χ2v) is 2.45. The quantitative estimate of drug-likeness (QED) is 0.494. The third-order valence-electron chi connectivity index (χ3n) is 1.28. The first-order valence-corrected chi connectivity index (χ1v) is 3.94. The van der Waals surface area contributed by atoms with Crippen molar-refractivity contribution in [1.29, 1.82) is 0 Å². The predicted molar refractivity (Wildman–Crippen MR) is 66.1 cm³/mol. The fourth-order valence-corrected chi connectivity index (χ4v) is 0.639. The molecular formula is C13H14N2. The first kappa shape index (κ1) is 15.1. The van der Waals surface area contributed by atoms with E-state index in [2.05, 4.69) is 23.7 Å². The van der Waals surface area contributed by atoms with Gasteiger partial charge in [-0.2, -0.15) is 0 Å². The van der Waals surface area contributed by atoms with Crippen LogP contribution in [-0.4, -0.2) is 0 Å². The number of hydrogen-bond donors (Lipinski definition) is 2. The summed E-state index contributed by atoms with van der Waals surface area (Å²) in [4.78, 5) is 0. The summed E-state index contributed by atoms with van der Waals surface area (Å²) in [6, 6.07) is 7.79. The monoisotopic (exact) mass is 198 g/mol. The topological polar surface area (TPSA) is 61.0 Å². The second kappa shape index (κ2) is 9.75. The van der Waals surface area contributed by atoms with Crippen LogP contribution in [0.4, 0.5) is 5.69 Å². The molecule has 1 aromatic carbocycles. The van der Waals surface area contributed by atoms with Gasteiger partial charge in [-0.05, 0) is 42.7 Å². The van der Waals surface area contributed by atoms with Crippen LogP contribution in [0.3, 0.4) is 0 Å². The van der Waals surface area contributed by atoms with Crippen LogP contribution in [0.15, 0.2) is 24.3 Å². The van der Waals surface area contributed by atoms with Crippen molar-refractivity contribution < 1.29 is 0 Å². The van der Waals surface area contributed by atoms with Crippen molar-refractivity contribution in [3.63, 3.8) is 0 Å². The number of hydrogen-bond acceptors (Lipinski definition) is 2. The molecule has 0 spiro atoms. The molecule has 2 nitrogen and oxygen atoms in total. The Balaban J connectivity index is 0. The number of aryl methyl sites for hydroxylation is 1. The highest BCUT2D eigenvalue weighted by atomic mass is 14.5. The molecule has 0 fully saturated rings. The van der Waals surface area contributed by atoms with E-state index in [-0.39, 0.29) is 6.15 Å². The molecular weight excluding hydrogens is 184 g/mol. The molecule has 76 valence electrons. The van der Waals surface area contributed by atoms with Crippen molar-refractivity contribution in [3.8, 4) is 36.5 Å². The highest BCUT2D eigenvalue weighted by Gasteiger charge is 1.80. The molecule has 0 aromatic heterocycles. The van der Waals surface area contributed by atoms with Crippen molar-refractivity contribution >= 4 is 5.69 Å². The molecule has 2 heteroatoms. The van der Waals surface area contributed by atoms with Gasteiger partial charge in [-0.3, -0.25) is 0 Å². The SMILES string of the molecule is C#CC#CC#C.Cc1ccc(N)cc1.N. The molecule has 0 bridgehead atoms. The van der Waals surface area contributed by atoms with E-state index in [4.69, 9.17) is 18.6 Å². The number of rotatable bonds is 0. The Morgan fingerprint density at radius 2 is 1.40 bits per heavy atom. The van der Waals surface area contributed by atoms with Crippen molar-refractivity contribution in [2.24, 2.45) is 0 Å². The molecule has 0 aliphatic rings. The first-order valence-electron chi connectivity index (χ1n) is 3.94. The maximum Gasteiger partial charge on any atom is 0.0314 e. The molecule has 0 unspecified atom stereocenters. The fourth-order valence-electron chi connectivity index (χ4n) is 0.639. The number of benzene rings is 1. The molecule has 5 N–H and O–H groups in total. The molecule has 15 heavy (non-hydrogen) atoms. The predicted octanol–water partition coefficient (Wildman–Crippen LogP) is 2.00.